The average molecular weight is 1510 g/mol. The Bertz CT molecular complexity index is 2540. The minimum absolute atomic E-state index is 0.0702. The normalized spacial score (nSPS) is 14.8. The summed E-state index contributed by atoms with van der Waals surface area (Å²) in [5.74, 6) is -1.65. The molecule has 5 atom stereocenters. The van der Waals surface area contributed by atoms with Crippen molar-refractivity contribution in [1.82, 2.24) is 0 Å². The van der Waals surface area contributed by atoms with Crippen molar-refractivity contribution in [3.05, 3.63) is 158 Å². The van der Waals surface area contributed by atoms with Crippen LogP contribution in [0.15, 0.2) is 158 Å². The number of aliphatic hydroxyl groups excluding tert-OH is 2. The number of carbonyl (C=O) groups is 3. The number of phosphoric ester groups is 2. The fourth-order valence-electron chi connectivity index (χ4n) is 10.6. The molecule has 18 heteroatoms. The van der Waals surface area contributed by atoms with Crippen LogP contribution in [0.4, 0.5) is 0 Å². The zero-order valence-corrected chi connectivity index (χ0v) is 67.4. The first-order valence-electron chi connectivity index (χ1n) is 40.8. The first kappa shape index (κ1) is 100. The molecular weight excluding hydrogens is 1360 g/mol. The summed E-state index contributed by atoms with van der Waals surface area (Å²) in [5.41, 5.74) is 0. The summed E-state index contributed by atoms with van der Waals surface area (Å²) in [6.07, 6.45) is 98.8. The van der Waals surface area contributed by atoms with E-state index < -0.39 is 91.5 Å². The third-order valence-corrected chi connectivity index (χ3v) is 18.6. The second-order valence-corrected chi connectivity index (χ2v) is 29.7. The van der Waals surface area contributed by atoms with E-state index in [9.17, 15) is 43.5 Å². The number of rotatable bonds is 76. The largest absolute Gasteiger partial charge is 0.472 e. The molecule has 16 nitrogen and oxygen atoms in total. The van der Waals surface area contributed by atoms with Gasteiger partial charge in [-0.1, -0.05) is 307 Å². The van der Waals surface area contributed by atoms with Crippen LogP contribution in [0, 0.1) is 0 Å². The molecule has 0 radical (unpaired) electrons. The lowest BCUT2D eigenvalue weighted by atomic mass is 10.0. The van der Waals surface area contributed by atoms with Crippen LogP contribution in [-0.2, 0) is 55.8 Å². The summed E-state index contributed by atoms with van der Waals surface area (Å²) in [6.45, 7) is 2.35. The Morgan fingerprint density at radius 1 is 0.276 bits per heavy atom. The summed E-state index contributed by atoms with van der Waals surface area (Å²) < 4.78 is 61.1. The van der Waals surface area contributed by atoms with E-state index in [-0.39, 0.29) is 19.3 Å². The highest BCUT2D eigenvalue weighted by molar-refractivity contribution is 7.47. The third-order valence-electron chi connectivity index (χ3n) is 16.7. The van der Waals surface area contributed by atoms with Gasteiger partial charge in [-0.15, -0.1) is 0 Å². The van der Waals surface area contributed by atoms with Gasteiger partial charge >= 0.3 is 33.6 Å². The third kappa shape index (κ3) is 80.0. The Kier molecular flexibility index (Phi) is 75.1. The number of hydrogen-bond acceptors (Lipinski definition) is 14. The standard InChI is InChI=1S/C87H146O16P2/c1-4-7-10-13-16-19-22-25-28-30-32-34-35-36-37-38-39-40-41-42-43-44-45-47-49-50-53-55-58-61-64-67-70-73-85(90)97-76-82(88)77-99-104(93,94)100-78-83(89)79-101-105(95,96)102-81-84(103-87(92)75-72-69-66-63-60-57-52-27-24-21-18-15-12-9-6-3)80-98-86(91)74-71-68-65-62-59-56-54-51-48-46-33-31-29-26-23-20-17-14-11-8-5-2/h8-9,11-12,16-21,25-29,32-34,36-37,46,51-52,54,59,62,82-84,88-89H,4-7,10,13-15,22-24,30-31,35,38-45,47-50,53,55-58,60-61,63-81H2,1-3H3,(H,93,94)(H,95,96)/b11-8-,12-9-,19-16-,20-17-,21-18-,28-25-,29-26-,34-32-,37-36-,46-33-,52-27-,54-51-,62-59-. The van der Waals surface area contributed by atoms with E-state index in [1.807, 2.05) is 0 Å². The first-order valence-corrected chi connectivity index (χ1v) is 43.8. The van der Waals surface area contributed by atoms with E-state index in [0.29, 0.717) is 19.3 Å². The predicted molar refractivity (Wildman–Crippen MR) is 435 cm³/mol. The molecular formula is C87H146O16P2. The van der Waals surface area contributed by atoms with Crippen molar-refractivity contribution < 1.29 is 75.8 Å². The number of phosphoric acid groups is 2. The van der Waals surface area contributed by atoms with Gasteiger partial charge < -0.3 is 34.2 Å². The highest BCUT2D eigenvalue weighted by atomic mass is 31.2. The lowest BCUT2D eigenvalue weighted by Crippen LogP contribution is -2.30. The average Bonchev–Trinajstić information content (AvgIpc) is 0.912. The highest BCUT2D eigenvalue weighted by Gasteiger charge is 2.29. The Morgan fingerprint density at radius 3 is 0.819 bits per heavy atom. The fraction of sp³-hybridized carbons (Fsp3) is 0.667. The Labute approximate surface area is 638 Å². The van der Waals surface area contributed by atoms with Crippen molar-refractivity contribution in [2.75, 3.05) is 39.6 Å². The van der Waals surface area contributed by atoms with E-state index >= 15 is 0 Å². The van der Waals surface area contributed by atoms with Gasteiger partial charge in [-0.2, -0.15) is 0 Å². The molecule has 0 aromatic heterocycles. The van der Waals surface area contributed by atoms with Crippen LogP contribution in [0.25, 0.3) is 0 Å². The molecule has 0 saturated heterocycles. The van der Waals surface area contributed by atoms with Crippen molar-refractivity contribution in [2.24, 2.45) is 0 Å². The molecule has 0 spiro atoms. The SMILES string of the molecule is CC/C=C\C/C=C\C/C=C\C/C=C\C/C=C\C/C=C\CCCCC(=O)OCC(COP(=O)(O)OCC(O)COP(=O)(O)OCC(O)COC(=O)CCCCCCCCCCCCCCCCCCC/C=C\C/C=C\C/C=C\C/C=C\CCCCC)OC(=O)CCCCCCC/C=C\C/C=C\C/C=C\CC. The molecule has 600 valence electrons. The molecule has 0 bridgehead atoms. The molecule has 0 aliphatic carbocycles. The van der Waals surface area contributed by atoms with Crippen LogP contribution in [-0.4, -0.2) is 95.9 Å². The van der Waals surface area contributed by atoms with Gasteiger partial charge in [0.2, 0.25) is 0 Å². The zero-order valence-electron chi connectivity index (χ0n) is 65.6. The maximum Gasteiger partial charge on any atom is 0.472 e. The quantitative estimate of drug-likeness (QED) is 0.0146. The monoisotopic (exact) mass is 1510 g/mol. The van der Waals surface area contributed by atoms with Crippen LogP contribution in [0.2, 0.25) is 0 Å². The number of unbranched alkanes of at least 4 members (excludes halogenated alkanes) is 27. The van der Waals surface area contributed by atoms with Crippen LogP contribution in [0.3, 0.4) is 0 Å². The number of aliphatic hydroxyl groups is 2. The van der Waals surface area contributed by atoms with Gasteiger partial charge in [0.1, 0.15) is 25.4 Å². The summed E-state index contributed by atoms with van der Waals surface area (Å²) in [4.78, 5) is 58.6. The Morgan fingerprint density at radius 2 is 0.505 bits per heavy atom. The van der Waals surface area contributed by atoms with Gasteiger partial charge in [0.15, 0.2) is 6.10 Å². The zero-order chi connectivity index (χ0) is 76.6. The van der Waals surface area contributed by atoms with Gasteiger partial charge in [-0.3, -0.25) is 32.5 Å². The topological polar surface area (TPSA) is 231 Å². The van der Waals surface area contributed by atoms with E-state index in [1.54, 1.807) is 0 Å². The van der Waals surface area contributed by atoms with Gasteiger partial charge in [-0.25, -0.2) is 9.13 Å². The molecule has 0 aliphatic heterocycles. The minimum atomic E-state index is -4.95. The molecule has 0 aromatic rings. The Hall–Kier alpha value is -4.83. The molecule has 0 saturated carbocycles. The number of ether oxygens (including phenoxy) is 3. The maximum absolute atomic E-state index is 13.0. The van der Waals surface area contributed by atoms with Crippen molar-refractivity contribution in [1.29, 1.82) is 0 Å². The van der Waals surface area contributed by atoms with Gasteiger partial charge in [0, 0.05) is 19.3 Å². The molecule has 0 aliphatic rings. The summed E-state index contributed by atoms with van der Waals surface area (Å²) in [5, 5.41) is 20.7. The van der Waals surface area contributed by atoms with Crippen molar-refractivity contribution >= 4 is 33.6 Å². The van der Waals surface area contributed by atoms with E-state index in [1.165, 1.54) is 116 Å². The van der Waals surface area contributed by atoms with E-state index in [0.717, 1.165) is 141 Å². The van der Waals surface area contributed by atoms with Crippen molar-refractivity contribution in [3.63, 3.8) is 0 Å². The van der Waals surface area contributed by atoms with Crippen molar-refractivity contribution in [2.45, 2.75) is 334 Å². The van der Waals surface area contributed by atoms with Gasteiger partial charge in [0.05, 0.1) is 26.4 Å². The van der Waals surface area contributed by atoms with Crippen molar-refractivity contribution in [3.8, 4) is 0 Å². The molecule has 105 heavy (non-hydrogen) atoms. The lowest BCUT2D eigenvalue weighted by Gasteiger charge is -2.21. The predicted octanol–water partition coefficient (Wildman–Crippen LogP) is 24.2. The smallest absolute Gasteiger partial charge is 0.463 e. The fourth-order valence-corrected chi connectivity index (χ4v) is 12.2. The molecule has 4 N–H and O–H groups in total. The van der Waals surface area contributed by atoms with E-state index in [4.69, 9.17) is 32.3 Å². The lowest BCUT2D eigenvalue weighted by molar-refractivity contribution is -0.161. The second-order valence-electron chi connectivity index (χ2n) is 26.8. The maximum atomic E-state index is 13.0. The molecule has 0 rings (SSSR count). The summed E-state index contributed by atoms with van der Waals surface area (Å²) in [6, 6.07) is 0. The van der Waals surface area contributed by atoms with Crippen LogP contribution >= 0.6 is 15.6 Å². The first-order chi connectivity index (χ1) is 51.2. The highest BCUT2D eigenvalue weighted by Crippen LogP contribution is 2.45. The Balaban J connectivity index is 4.50. The van der Waals surface area contributed by atoms with E-state index in [2.05, 4.69) is 179 Å². The summed E-state index contributed by atoms with van der Waals surface area (Å²) in [7, 11) is -9.82. The molecule has 0 heterocycles. The van der Waals surface area contributed by atoms with Crippen LogP contribution in [0.1, 0.15) is 316 Å². The number of esters is 3. The summed E-state index contributed by atoms with van der Waals surface area (Å²) >= 11 is 0. The number of hydrogen-bond donors (Lipinski definition) is 4. The molecule has 0 aromatic carbocycles. The molecule has 0 amide bonds. The van der Waals surface area contributed by atoms with Gasteiger partial charge in [0.25, 0.3) is 0 Å². The second kappa shape index (κ2) is 78.7. The van der Waals surface area contributed by atoms with Crippen LogP contribution < -0.4 is 0 Å². The minimum Gasteiger partial charge on any atom is -0.463 e. The molecule has 0 fully saturated rings. The van der Waals surface area contributed by atoms with Crippen LogP contribution in [0.5, 0.6) is 0 Å². The van der Waals surface area contributed by atoms with Gasteiger partial charge in [-0.05, 0) is 148 Å². The number of carbonyl (C=O) groups excluding carboxylic acids is 3. The number of allylic oxidation sites excluding steroid dienone is 26. The molecule has 5 unspecified atom stereocenters.